The summed E-state index contributed by atoms with van der Waals surface area (Å²) in [4.78, 5) is 23.3. The lowest BCUT2D eigenvalue weighted by Crippen LogP contribution is -2.08. The monoisotopic (exact) mass is 461 g/mol. The number of carbonyl (C=O) groups is 2. The highest BCUT2D eigenvalue weighted by Gasteiger charge is 2.22. The molecule has 0 saturated heterocycles. The fraction of sp³-hybridized carbons (Fsp3) is 0.185. The van der Waals surface area contributed by atoms with Crippen LogP contribution >= 0.6 is 11.6 Å². The van der Waals surface area contributed by atoms with E-state index in [1.807, 2.05) is 48.5 Å². The predicted octanol–water partition coefficient (Wildman–Crippen LogP) is 6.67. The average molecular weight is 462 g/mol. The molecule has 2 N–H and O–H groups in total. The second kappa shape index (κ2) is 9.92. The van der Waals surface area contributed by atoms with Crippen LogP contribution in [0, 0.1) is 0 Å². The molecule has 3 aromatic carbocycles. The van der Waals surface area contributed by atoms with Crippen molar-refractivity contribution in [2.24, 2.45) is 0 Å². The van der Waals surface area contributed by atoms with Crippen molar-refractivity contribution in [3.05, 3.63) is 94.0 Å². The molecule has 0 saturated carbocycles. The summed E-state index contributed by atoms with van der Waals surface area (Å²) in [5.41, 5.74) is 5.46. The number of aromatic carboxylic acids is 1. The van der Waals surface area contributed by atoms with Gasteiger partial charge < -0.3 is 15.2 Å². The van der Waals surface area contributed by atoms with Gasteiger partial charge in [0.2, 0.25) is 5.91 Å². The molecule has 1 aliphatic carbocycles. The van der Waals surface area contributed by atoms with E-state index in [0.717, 1.165) is 52.8 Å². The lowest BCUT2D eigenvalue weighted by Gasteiger charge is -2.16. The van der Waals surface area contributed by atoms with Crippen molar-refractivity contribution in [1.82, 2.24) is 0 Å². The number of hydrogen-bond donors (Lipinski definition) is 2. The van der Waals surface area contributed by atoms with Gasteiger partial charge in [-0.25, -0.2) is 4.79 Å². The van der Waals surface area contributed by atoms with E-state index in [4.69, 9.17) is 16.3 Å². The number of carboxylic acid groups (broad SMARTS) is 1. The molecule has 0 radical (unpaired) electrons. The number of nitrogens with one attached hydrogen (secondary N) is 1. The van der Waals surface area contributed by atoms with Crippen LogP contribution in [0.2, 0.25) is 5.02 Å². The summed E-state index contributed by atoms with van der Waals surface area (Å²) in [7, 11) is 0. The first kappa shape index (κ1) is 22.6. The molecule has 0 spiro atoms. The van der Waals surface area contributed by atoms with Gasteiger partial charge in [0.1, 0.15) is 12.4 Å². The first-order valence-electron chi connectivity index (χ1n) is 10.8. The molecule has 0 unspecified atom stereocenters. The number of anilines is 1. The first-order chi connectivity index (χ1) is 15.9. The van der Waals surface area contributed by atoms with Crippen molar-refractivity contribution in [2.45, 2.75) is 32.8 Å². The minimum Gasteiger partial charge on any atom is -0.488 e. The lowest BCUT2D eigenvalue weighted by atomic mass is 9.94. The number of benzene rings is 3. The van der Waals surface area contributed by atoms with Gasteiger partial charge in [-0.3, -0.25) is 4.79 Å². The van der Waals surface area contributed by atoms with Crippen molar-refractivity contribution >= 4 is 40.3 Å². The second-order valence-corrected chi connectivity index (χ2v) is 8.45. The Morgan fingerprint density at radius 2 is 1.76 bits per heavy atom. The van der Waals surface area contributed by atoms with E-state index in [1.165, 1.54) is 13.0 Å². The summed E-state index contributed by atoms with van der Waals surface area (Å²) >= 11 is 6.35. The normalized spacial score (nSPS) is 13.2. The highest BCUT2D eigenvalue weighted by Crippen LogP contribution is 2.44. The van der Waals surface area contributed by atoms with Crippen LogP contribution in [-0.4, -0.2) is 17.0 Å². The van der Waals surface area contributed by atoms with Gasteiger partial charge in [0.05, 0.1) is 5.56 Å². The number of ether oxygens (including phenoxy) is 1. The zero-order valence-electron chi connectivity index (χ0n) is 18.2. The molecule has 0 atom stereocenters. The van der Waals surface area contributed by atoms with E-state index in [1.54, 1.807) is 12.1 Å². The predicted molar refractivity (Wildman–Crippen MR) is 131 cm³/mol. The van der Waals surface area contributed by atoms with Crippen molar-refractivity contribution in [2.75, 3.05) is 5.32 Å². The molecule has 3 aromatic rings. The van der Waals surface area contributed by atoms with Crippen molar-refractivity contribution in [3.8, 4) is 5.75 Å². The third-order valence-electron chi connectivity index (χ3n) is 5.57. The van der Waals surface area contributed by atoms with Gasteiger partial charge in [0, 0.05) is 23.2 Å². The summed E-state index contributed by atoms with van der Waals surface area (Å²) in [5.74, 6) is -0.567. The van der Waals surface area contributed by atoms with Gasteiger partial charge in [-0.15, -0.1) is 0 Å². The summed E-state index contributed by atoms with van der Waals surface area (Å²) in [5, 5.41) is 12.9. The minimum absolute atomic E-state index is 0.127. The molecule has 1 amide bonds. The smallest absolute Gasteiger partial charge is 0.335 e. The van der Waals surface area contributed by atoms with E-state index in [9.17, 15) is 14.7 Å². The minimum atomic E-state index is -1.04. The van der Waals surface area contributed by atoms with Crippen molar-refractivity contribution in [1.29, 1.82) is 0 Å². The van der Waals surface area contributed by atoms with Gasteiger partial charge >= 0.3 is 5.97 Å². The molecule has 0 aliphatic heterocycles. The molecule has 6 heteroatoms. The lowest BCUT2D eigenvalue weighted by molar-refractivity contribution is -0.114. The molecule has 33 heavy (non-hydrogen) atoms. The third kappa shape index (κ3) is 5.44. The SMILES string of the molecule is CC(=O)Nc1cc(C(=O)O)cc(C2=C(c3cc(Cl)ccc3OCc3ccccc3)CCC2)c1. The molecule has 0 heterocycles. The van der Waals surface area contributed by atoms with Gasteiger partial charge in [-0.1, -0.05) is 41.9 Å². The highest BCUT2D eigenvalue weighted by atomic mass is 35.5. The zero-order valence-corrected chi connectivity index (χ0v) is 19.0. The van der Waals surface area contributed by atoms with Crippen LogP contribution in [-0.2, 0) is 11.4 Å². The van der Waals surface area contributed by atoms with E-state index < -0.39 is 5.97 Å². The van der Waals surface area contributed by atoms with Crippen LogP contribution in [0.4, 0.5) is 5.69 Å². The van der Waals surface area contributed by atoms with E-state index >= 15 is 0 Å². The van der Waals surface area contributed by atoms with Crippen molar-refractivity contribution in [3.63, 3.8) is 0 Å². The average Bonchev–Trinajstić information content (AvgIpc) is 3.28. The number of allylic oxidation sites excluding steroid dienone is 2. The Bertz CT molecular complexity index is 1230. The number of hydrogen-bond acceptors (Lipinski definition) is 3. The fourth-order valence-corrected chi connectivity index (χ4v) is 4.33. The van der Waals surface area contributed by atoms with Crippen LogP contribution in [0.1, 0.15) is 53.2 Å². The fourth-order valence-electron chi connectivity index (χ4n) is 4.16. The Kier molecular flexibility index (Phi) is 6.80. The van der Waals surface area contributed by atoms with Gasteiger partial charge in [-0.2, -0.15) is 0 Å². The Balaban J connectivity index is 1.76. The molecule has 168 valence electrons. The maximum atomic E-state index is 11.7. The molecule has 0 aromatic heterocycles. The molecular formula is C27H24ClNO4. The summed E-state index contributed by atoms with van der Waals surface area (Å²) in [6.07, 6.45) is 2.55. The Labute approximate surface area is 197 Å². The first-order valence-corrected chi connectivity index (χ1v) is 11.1. The Morgan fingerprint density at radius 3 is 2.48 bits per heavy atom. The molecule has 5 nitrogen and oxygen atoms in total. The Hall–Kier alpha value is -3.57. The van der Waals surface area contributed by atoms with Crippen LogP contribution in [0.3, 0.4) is 0 Å². The number of rotatable bonds is 7. The van der Waals surface area contributed by atoms with Crippen molar-refractivity contribution < 1.29 is 19.4 Å². The van der Waals surface area contributed by atoms with Gasteiger partial charge in [0.15, 0.2) is 0 Å². The van der Waals surface area contributed by atoms with E-state index in [0.29, 0.717) is 17.3 Å². The number of carboxylic acids is 1. The summed E-state index contributed by atoms with van der Waals surface area (Å²) in [6.45, 7) is 1.83. The van der Waals surface area contributed by atoms with Crippen LogP contribution < -0.4 is 10.1 Å². The Morgan fingerprint density at radius 1 is 1.00 bits per heavy atom. The summed E-state index contributed by atoms with van der Waals surface area (Å²) < 4.78 is 6.17. The third-order valence-corrected chi connectivity index (χ3v) is 5.81. The summed E-state index contributed by atoms with van der Waals surface area (Å²) in [6, 6.07) is 20.5. The standard InChI is InChI=1S/C27H24ClNO4/c1-17(30)29-22-13-19(12-20(14-22)27(31)32)23-8-5-9-24(23)25-15-21(28)10-11-26(25)33-16-18-6-3-2-4-7-18/h2-4,6-7,10-15H,5,8-9,16H2,1H3,(H,29,30)(H,31,32). The zero-order chi connectivity index (χ0) is 23.4. The van der Waals surface area contributed by atoms with Gasteiger partial charge in [-0.05, 0) is 77.9 Å². The van der Waals surface area contributed by atoms with E-state index in [-0.39, 0.29) is 11.5 Å². The molecular weight excluding hydrogens is 438 g/mol. The maximum absolute atomic E-state index is 11.7. The van der Waals surface area contributed by atoms with Crippen LogP contribution in [0.5, 0.6) is 5.75 Å². The molecule has 1 aliphatic rings. The topological polar surface area (TPSA) is 75.6 Å². The molecule has 0 fully saturated rings. The van der Waals surface area contributed by atoms with Gasteiger partial charge in [0.25, 0.3) is 0 Å². The highest BCUT2D eigenvalue weighted by molar-refractivity contribution is 6.30. The maximum Gasteiger partial charge on any atom is 0.335 e. The van der Waals surface area contributed by atoms with E-state index in [2.05, 4.69) is 5.32 Å². The number of carbonyl (C=O) groups excluding carboxylic acids is 1. The second-order valence-electron chi connectivity index (χ2n) is 8.01. The number of halogens is 1. The molecule has 0 bridgehead atoms. The quantitative estimate of drug-likeness (QED) is 0.412. The number of amides is 1. The molecule has 4 rings (SSSR count). The van der Waals surface area contributed by atoms with Crippen LogP contribution in [0.25, 0.3) is 11.1 Å². The largest absolute Gasteiger partial charge is 0.488 e. The van der Waals surface area contributed by atoms with Crippen LogP contribution in [0.15, 0.2) is 66.7 Å².